The van der Waals surface area contributed by atoms with Crippen molar-refractivity contribution in [2.24, 2.45) is 5.92 Å². The monoisotopic (exact) mass is 234 g/mol. The predicted molar refractivity (Wildman–Crippen MR) is 68.1 cm³/mol. The summed E-state index contributed by atoms with van der Waals surface area (Å²) in [7, 11) is 0. The highest BCUT2D eigenvalue weighted by Gasteiger charge is 2.18. The average molecular weight is 234 g/mol. The summed E-state index contributed by atoms with van der Waals surface area (Å²) in [5.41, 5.74) is 2.14. The molecule has 3 nitrogen and oxygen atoms in total. The largest absolute Gasteiger partial charge is 0.504 e. The van der Waals surface area contributed by atoms with Crippen LogP contribution in [0.25, 0.3) is 0 Å². The van der Waals surface area contributed by atoms with Gasteiger partial charge in [-0.2, -0.15) is 0 Å². The maximum atomic E-state index is 9.49. The van der Waals surface area contributed by atoms with Crippen molar-refractivity contribution in [3.05, 3.63) is 23.3 Å². The third kappa shape index (κ3) is 2.78. The van der Waals surface area contributed by atoms with Gasteiger partial charge in [0.25, 0.3) is 0 Å². The Labute approximate surface area is 102 Å². The molecule has 0 aliphatic carbocycles. The van der Waals surface area contributed by atoms with Crippen molar-refractivity contribution in [1.82, 2.24) is 0 Å². The van der Waals surface area contributed by atoms with Crippen molar-refractivity contribution in [2.75, 3.05) is 13.1 Å². The Balaban J connectivity index is 2.19. The van der Waals surface area contributed by atoms with Crippen LogP contribution in [0.2, 0.25) is 0 Å². The van der Waals surface area contributed by atoms with Crippen molar-refractivity contribution >= 4 is 6.21 Å². The average Bonchev–Trinajstić information content (AvgIpc) is 2.28. The number of nitrogens with zero attached hydrogens (tertiary/aromatic N) is 1. The molecule has 0 unspecified atom stereocenters. The van der Waals surface area contributed by atoms with E-state index in [9.17, 15) is 10.2 Å². The van der Waals surface area contributed by atoms with Crippen LogP contribution in [0.5, 0.6) is 11.5 Å². The highest BCUT2D eigenvalue weighted by Crippen LogP contribution is 2.28. The van der Waals surface area contributed by atoms with Crippen LogP contribution < -0.4 is 0 Å². The van der Waals surface area contributed by atoms with E-state index in [-0.39, 0.29) is 11.5 Å². The van der Waals surface area contributed by atoms with E-state index in [1.807, 2.05) is 0 Å². The molecule has 1 heterocycles. The van der Waals surface area contributed by atoms with Crippen LogP contribution >= 0.6 is 0 Å². The molecule has 0 saturated carbocycles. The molecule has 2 rings (SSSR count). The van der Waals surface area contributed by atoms with Gasteiger partial charge in [0.05, 0.1) is 0 Å². The summed E-state index contributed by atoms with van der Waals surface area (Å²) in [6.45, 7) is 6.49. The van der Waals surface area contributed by atoms with Crippen molar-refractivity contribution in [3.63, 3.8) is 0 Å². The van der Waals surface area contributed by atoms with Gasteiger partial charge in [-0.15, -0.1) is 0 Å². The summed E-state index contributed by atoms with van der Waals surface area (Å²) in [6.07, 6.45) is 4.19. The van der Waals surface area contributed by atoms with Gasteiger partial charge in [-0.25, -0.2) is 4.58 Å². The zero-order valence-corrected chi connectivity index (χ0v) is 10.5. The lowest BCUT2D eigenvalue weighted by Gasteiger charge is -2.14. The van der Waals surface area contributed by atoms with Crippen LogP contribution in [0.1, 0.15) is 31.4 Å². The van der Waals surface area contributed by atoms with Crippen LogP contribution in [0, 0.1) is 5.92 Å². The third-order valence-electron chi connectivity index (χ3n) is 3.22. The summed E-state index contributed by atoms with van der Waals surface area (Å²) in [5.74, 6) is 0.650. The van der Waals surface area contributed by atoms with Crippen molar-refractivity contribution in [1.29, 1.82) is 0 Å². The molecular weight excluding hydrogens is 214 g/mol. The molecular formula is C14H20NO2+. The molecule has 1 aromatic rings. The van der Waals surface area contributed by atoms with Crippen LogP contribution in [0.3, 0.4) is 0 Å². The summed E-state index contributed by atoms with van der Waals surface area (Å²) in [5, 5.41) is 18.9. The van der Waals surface area contributed by atoms with Gasteiger partial charge in [0.2, 0.25) is 0 Å². The lowest BCUT2D eigenvalue weighted by atomic mass is 10.0. The predicted octanol–water partition coefficient (Wildman–Crippen LogP) is 2.13. The Morgan fingerprint density at radius 2 is 1.94 bits per heavy atom. The number of phenolic OH excluding ortho intramolecular Hbond substituents is 2. The molecule has 0 aromatic heterocycles. The Hall–Kier alpha value is -1.51. The standard InChI is InChI=1S/C14H19NO2/c1-10(2)3-5-15-6-4-11-7-13(16)14(17)8-12(11)9-15/h7-10,17H,3-6H2,1-2H3/p+1. The fourth-order valence-corrected chi connectivity index (χ4v) is 2.10. The van der Waals surface area contributed by atoms with E-state index in [0.717, 1.165) is 30.6 Å². The first-order chi connectivity index (χ1) is 8.06. The fraction of sp³-hybridized carbons (Fsp3) is 0.500. The number of rotatable bonds is 3. The Morgan fingerprint density at radius 1 is 1.24 bits per heavy atom. The number of fused-ring (bicyclic) bond motifs is 1. The number of hydrogen-bond acceptors (Lipinski definition) is 2. The molecule has 0 radical (unpaired) electrons. The van der Waals surface area contributed by atoms with E-state index in [1.54, 1.807) is 12.1 Å². The van der Waals surface area contributed by atoms with Crippen molar-refractivity contribution < 1.29 is 14.8 Å². The zero-order chi connectivity index (χ0) is 12.4. The molecule has 0 bridgehead atoms. The first-order valence-electron chi connectivity index (χ1n) is 6.20. The highest BCUT2D eigenvalue weighted by molar-refractivity contribution is 5.80. The molecule has 17 heavy (non-hydrogen) atoms. The van der Waals surface area contributed by atoms with Crippen LogP contribution in [0.4, 0.5) is 0 Å². The molecule has 2 N–H and O–H groups in total. The van der Waals surface area contributed by atoms with E-state index >= 15 is 0 Å². The van der Waals surface area contributed by atoms with Gasteiger partial charge >= 0.3 is 0 Å². The van der Waals surface area contributed by atoms with Gasteiger partial charge in [-0.05, 0) is 23.6 Å². The fourth-order valence-electron chi connectivity index (χ4n) is 2.10. The molecule has 92 valence electrons. The summed E-state index contributed by atoms with van der Waals surface area (Å²) in [6, 6.07) is 3.31. The Kier molecular flexibility index (Phi) is 3.36. The lowest BCUT2D eigenvalue weighted by molar-refractivity contribution is -0.525. The molecule has 1 aliphatic rings. The molecule has 0 atom stereocenters. The second-order valence-corrected chi connectivity index (χ2v) is 5.14. The lowest BCUT2D eigenvalue weighted by Crippen LogP contribution is -2.24. The smallest absolute Gasteiger partial charge is 0.171 e. The number of aromatic hydroxyl groups is 2. The number of phenols is 2. The normalized spacial score (nSPS) is 14.6. The quantitative estimate of drug-likeness (QED) is 0.621. The van der Waals surface area contributed by atoms with Gasteiger partial charge in [0.1, 0.15) is 13.1 Å². The molecule has 0 amide bonds. The van der Waals surface area contributed by atoms with Crippen LogP contribution in [0.15, 0.2) is 12.1 Å². The second kappa shape index (κ2) is 4.78. The van der Waals surface area contributed by atoms with Crippen molar-refractivity contribution in [3.8, 4) is 11.5 Å². The maximum Gasteiger partial charge on any atom is 0.171 e. The Bertz CT molecular complexity index is 450. The highest BCUT2D eigenvalue weighted by atomic mass is 16.3. The first kappa shape index (κ1) is 12.0. The molecule has 1 aromatic carbocycles. The minimum absolute atomic E-state index is 0.0206. The van der Waals surface area contributed by atoms with Gasteiger partial charge in [0, 0.05) is 18.4 Å². The van der Waals surface area contributed by atoms with E-state index in [0.29, 0.717) is 5.92 Å². The topological polar surface area (TPSA) is 43.5 Å². The van der Waals surface area contributed by atoms with E-state index in [4.69, 9.17) is 0 Å². The number of benzene rings is 1. The van der Waals surface area contributed by atoms with E-state index in [1.165, 1.54) is 6.42 Å². The second-order valence-electron chi connectivity index (χ2n) is 5.14. The molecule has 0 saturated heterocycles. The van der Waals surface area contributed by atoms with Gasteiger partial charge < -0.3 is 10.2 Å². The summed E-state index contributed by atoms with van der Waals surface area (Å²) >= 11 is 0. The van der Waals surface area contributed by atoms with Crippen molar-refractivity contribution in [2.45, 2.75) is 26.7 Å². The molecule has 0 spiro atoms. The van der Waals surface area contributed by atoms with Crippen LogP contribution in [-0.4, -0.2) is 34.1 Å². The molecule has 0 fully saturated rings. The summed E-state index contributed by atoms with van der Waals surface area (Å²) in [4.78, 5) is 0. The minimum atomic E-state index is -0.0364. The van der Waals surface area contributed by atoms with Crippen LogP contribution in [-0.2, 0) is 6.42 Å². The third-order valence-corrected chi connectivity index (χ3v) is 3.22. The maximum absolute atomic E-state index is 9.49. The molecule has 1 aliphatic heterocycles. The first-order valence-corrected chi connectivity index (χ1v) is 6.20. The van der Waals surface area contributed by atoms with E-state index < -0.39 is 0 Å². The van der Waals surface area contributed by atoms with E-state index in [2.05, 4.69) is 24.6 Å². The minimum Gasteiger partial charge on any atom is -0.504 e. The van der Waals surface area contributed by atoms with Gasteiger partial charge in [-0.1, -0.05) is 13.8 Å². The summed E-state index contributed by atoms with van der Waals surface area (Å²) < 4.78 is 2.29. The zero-order valence-electron chi connectivity index (χ0n) is 10.5. The van der Waals surface area contributed by atoms with Gasteiger partial charge in [-0.3, -0.25) is 0 Å². The molecule has 3 heteroatoms. The SMILES string of the molecule is CC(C)CC[N+]1=Cc2cc(O)c(O)cc2CC1. The number of hydrogen-bond donors (Lipinski definition) is 2. The Morgan fingerprint density at radius 3 is 2.65 bits per heavy atom. The van der Waals surface area contributed by atoms with Gasteiger partial charge in [0.15, 0.2) is 17.7 Å².